The van der Waals surface area contributed by atoms with E-state index in [1.54, 1.807) is 20.3 Å². The van der Waals surface area contributed by atoms with Gasteiger partial charge in [0.1, 0.15) is 0 Å². The van der Waals surface area contributed by atoms with Gasteiger partial charge in [-0.25, -0.2) is 4.79 Å². The summed E-state index contributed by atoms with van der Waals surface area (Å²) in [6.45, 7) is 0.748. The van der Waals surface area contributed by atoms with Crippen molar-refractivity contribution in [1.82, 2.24) is 0 Å². The van der Waals surface area contributed by atoms with E-state index in [2.05, 4.69) is 4.74 Å². The van der Waals surface area contributed by atoms with E-state index >= 15 is 0 Å². The summed E-state index contributed by atoms with van der Waals surface area (Å²) in [6.07, 6.45) is 4.89. The number of carbonyl (C=O) groups is 1. The Bertz CT molecular complexity index is 194. The number of carbonyl (C=O) groups excluding carboxylic acids is 1. The zero-order valence-electron chi connectivity index (χ0n) is 9.27. The molecule has 0 saturated carbocycles. The van der Waals surface area contributed by atoms with Crippen molar-refractivity contribution in [3.8, 4) is 0 Å². The summed E-state index contributed by atoms with van der Waals surface area (Å²) in [7, 11) is 3.28. The van der Waals surface area contributed by atoms with E-state index in [1.165, 1.54) is 6.26 Å². The van der Waals surface area contributed by atoms with E-state index in [0.29, 0.717) is 0 Å². The standard InChI is InChI=1S/C10H19NO4/c1-13-7-4-3-5-9(14-2)6-8-15-10(11)12/h6,8-9H,3-5,7H2,1-2H3,(H2,11,12). The van der Waals surface area contributed by atoms with Crippen LogP contribution < -0.4 is 5.73 Å². The second-order valence-electron chi connectivity index (χ2n) is 3.03. The Morgan fingerprint density at radius 2 is 2.13 bits per heavy atom. The molecule has 0 saturated heterocycles. The Morgan fingerprint density at radius 1 is 1.40 bits per heavy atom. The van der Waals surface area contributed by atoms with Crippen LogP contribution in [0.15, 0.2) is 12.3 Å². The lowest BCUT2D eigenvalue weighted by Crippen LogP contribution is -2.11. The second-order valence-corrected chi connectivity index (χ2v) is 3.03. The lowest BCUT2D eigenvalue weighted by Gasteiger charge is -2.09. The predicted octanol–water partition coefficient (Wildman–Crippen LogP) is 1.43. The molecule has 2 N–H and O–H groups in total. The van der Waals surface area contributed by atoms with Gasteiger partial charge in [-0.05, 0) is 25.3 Å². The molecule has 0 aliphatic rings. The molecule has 15 heavy (non-hydrogen) atoms. The van der Waals surface area contributed by atoms with E-state index in [1.807, 2.05) is 0 Å². The van der Waals surface area contributed by atoms with Crippen molar-refractivity contribution in [1.29, 1.82) is 0 Å². The van der Waals surface area contributed by atoms with Crippen molar-refractivity contribution < 1.29 is 19.0 Å². The fraction of sp³-hybridized carbons (Fsp3) is 0.700. The highest BCUT2D eigenvalue weighted by molar-refractivity contribution is 5.65. The van der Waals surface area contributed by atoms with Gasteiger partial charge in [0, 0.05) is 20.8 Å². The lowest BCUT2D eigenvalue weighted by molar-refractivity contribution is 0.123. The first-order chi connectivity index (χ1) is 7.20. The fourth-order valence-corrected chi connectivity index (χ4v) is 1.08. The molecule has 0 aliphatic carbocycles. The van der Waals surface area contributed by atoms with Gasteiger partial charge in [-0.15, -0.1) is 0 Å². The van der Waals surface area contributed by atoms with Gasteiger partial charge in [0.15, 0.2) is 0 Å². The highest BCUT2D eigenvalue weighted by Gasteiger charge is 2.02. The van der Waals surface area contributed by atoms with Crippen LogP contribution in [0.25, 0.3) is 0 Å². The fourth-order valence-electron chi connectivity index (χ4n) is 1.08. The van der Waals surface area contributed by atoms with Gasteiger partial charge < -0.3 is 19.9 Å². The molecule has 88 valence electrons. The first-order valence-electron chi connectivity index (χ1n) is 4.85. The van der Waals surface area contributed by atoms with Crippen LogP contribution in [-0.2, 0) is 14.2 Å². The molecule has 1 amide bonds. The molecule has 1 atom stereocenters. The number of hydrogen-bond donors (Lipinski definition) is 1. The third-order valence-electron chi connectivity index (χ3n) is 1.87. The van der Waals surface area contributed by atoms with E-state index in [0.717, 1.165) is 25.9 Å². The number of rotatable bonds is 8. The summed E-state index contributed by atoms with van der Waals surface area (Å²) in [6, 6.07) is 0. The molecule has 1 unspecified atom stereocenters. The normalized spacial score (nSPS) is 12.9. The molecule has 5 nitrogen and oxygen atoms in total. The average molecular weight is 217 g/mol. The molecule has 0 bridgehead atoms. The number of amides is 1. The first-order valence-corrected chi connectivity index (χ1v) is 4.85. The Hall–Kier alpha value is -1.07. The molecule has 5 heteroatoms. The molecule has 0 heterocycles. The maximum atomic E-state index is 10.3. The van der Waals surface area contributed by atoms with Crippen LogP contribution in [-0.4, -0.2) is 33.0 Å². The number of unbranched alkanes of at least 4 members (excludes halogenated alkanes) is 1. The molecular weight excluding hydrogens is 198 g/mol. The lowest BCUT2D eigenvalue weighted by atomic mass is 10.1. The Labute approximate surface area is 90.2 Å². The summed E-state index contributed by atoms with van der Waals surface area (Å²) in [5.74, 6) is 0. The van der Waals surface area contributed by atoms with Crippen molar-refractivity contribution in [2.24, 2.45) is 5.73 Å². The van der Waals surface area contributed by atoms with Crippen molar-refractivity contribution in [3.63, 3.8) is 0 Å². The van der Waals surface area contributed by atoms with E-state index in [-0.39, 0.29) is 6.10 Å². The quantitative estimate of drug-likeness (QED) is 0.493. The molecule has 0 aromatic heterocycles. The largest absolute Gasteiger partial charge is 0.419 e. The monoisotopic (exact) mass is 217 g/mol. The van der Waals surface area contributed by atoms with Crippen LogP contribution in [0.4, 0.5) is 4.79 Å². The Morgan fingerprint density at radius 3 is 2.67 bits per heavy atom. The average Bonchev–Trinajstić information content (AvgIpc) is 2.21. The van der Waals surface area contributed by atoms with E-state index < -0.39 is 6.09 Å². The van der Waals surface area contributed by atoms with E-state index in [4.69, 9.17) is 15.2 Å². The summed E-state index contributed by atoms with van der Waals surface area (Å²) in [5.41, 5.74) is 4.79. The van der Waals surface area contributed by atoms with Crippen LogP contribution in [0.2, 0.25) is 0 Å². The third-order valence-corrected chi connectivity index (χ3v) is 1.87. The van der Waals surface area contributed by atoms with Crippen molar-refractivity contribution in [2.45, 2.75) is 25.4 Å². The third kappa shape index (κ3) is 9.24. The van der Waals surface area contributed by atoms with E-state index in [9.17, 15) is 4.79 Å². The summed E-state index contributed by atoms with van der Waals surface area (Å²) >= 11 is 0. The number of ether oxygens (including phenoxy) is 3. The predicted molar refractivity (Wildman–Crippen MR) is 56.3 cm³/mol. The summed E-state index contributed by atoms with van der Waals surface area (Å²) < 4.78 is 14.5. The number of primary amides is 1. The molecular formula is C10H19NO4. The minimum absolute atomic E-state index is 0.0544. The number of methoxy groups -OCH3 is 2. The SMILES string of the molecule is COCCCCC(C=COC(N)=O)OC. The van der Waals surface area contributed by atoms with Crippen LogP contribution in [0.1, 0.15) is 19.3 Å². The van der Waals surface area contributed by atoms with Crippen molar-refractivity contribution >= 4 is 6.09 Å². The highest BCUT2D eigenvalue weighted by atomic mass is 16.5. The van der Waals surface area contributed by atoms with Gasteiger partial charge in [-0.3, -0.25) is 0 Å². The zero-order chi connectivity index (χ0) is 11.5. The van der Waals surface area contributed by atoms with Crippen LogP contribution in [0.3, 0.4) is 0 Å². The molecule has 0 spiro atoms. The molecule has 0 radical (unpaired) electrons. The number of hydrogen-bond acceptors (Lipinski definition) is 4. The maximum Gasteiger partial charge on any atom is 0.409 e. The minimum Gasteiger partial charge on any atom is -0.419 e. The van der Waals surface area contributed by atoms with Gasteiger partial charge in [0.05, 0.1) is 12.4 Å². The van der Waals surface area contributed by atoms with Crippen molar-refractivity contribution in [2.75, 3.05) is 20.8 Å². The van der Waals surface area contributed by atoms with Crippen LogP contribution in [0.5, 0.6) is 0 Å². The summed E-state index contributed by atoms with van der Waals surface area (Å²) in [4.78, 5) is 10.3. The van der Waals surface area contributed by atoms with Gasteiger partial charge in [0.2, 0.25) is 0 Å². The van der Waals surface area contributed by atoms with Crippen LogP contribution >= 0.6 is 0 Å². The second kappa shape index (κ2) is 9.48. The van der Waals surface area contributed by atoms with Gasteiger partial charge in [0.25, 0.3) is 0 Å². The van der Waals surface area contributed by atoms with Crippen molar-refractivity contribution in [3.05, 3.63) is 12.3 Å². The van der Waals surface area contributed by atoms with Gasteiger partial charge >= 0.3 is 6.09 Å². The topological polar surface area (TPSA) is 70.8 Å². The Balaban J connectivity index is 3.62. The Kier molecular flexibility index (Phi) is 8.81. The first kappa shape index (κ1) is 13.9. The molecule has 0 aromatic rings. The molecule has 0 fully saturated rings. The van der Waals surface area contributed by atoms with Gasteiger partial charge in [-0.2, -0.15) is 0 Å². The van der Waals surface area contributed by atoms with Crippen LogP contribution in [0, 0.1) is 0 Å². The molecule has 0 rings (SSSR count). The highest BCUT2D eigenvalue weighted by Crippen LogP contribution is 2.05. The number of nitrogens with two attached hydrogens (primary N) is 1. The summed E-state index contributed by atoms with van der Waals surface area (Å²) in [5, 5.41) is 0. The smallest absolute Gasteiger partial charge is 0.409 e. The van der Waals surface area contributed by atoms with Gasteiger partial charge in [-0.1, -0.05) is 0 Å². The molecule has 0 aliphatic heterocycles. The minimum atomic E-state index is -0.819. The zero-order valence-corrected chi connectivity index (χ0v) is 9.27. The maximum absolute atomic E-state index is 10.3. The molecule has 0 aromatic carbocycles.